The van der Waals surface area contributed by atoms with Gasteiger partial charge in [-0.05, 0) is 30.2 Å². The minimum absolute atomic E-state index is 0.0962. The van der Waals surface area contributed by atoms with Crippen LogP contribution in [0.15, 0.2) is 47.6 Å². The van der Waals surface area contributed by atoms with Gasteiger partial charge in [0.05, 0.1) is 18.2 Å². The van der Waals surface area contributed by atoms with Crippen LogP contribution in [0.1, 0.15) is 42.0 Å². The summed E-state index contributed by atoms with van der Waals surface area (Å²) < 4.78 is 10.8. The van der Waals surface area contributed by atoms with Crippen molar-refractivity contribution in [1.29, 1.82) is 0 Å². The molecular formula is C21H20N2O5. The lowest BCUT2D eigenvalue weighted by atomic mass is 9.97. The van der Waals surface area contributed by atoms with Crippen molar-refractivity contribution < 1.29 is 24.2 Å². The molecule has 7 nitrogen and oxygen atoms in total. The van der Waals surface area contributed by atoms with Crippen molar-refractivity contribution in [2.75, 3.05) is 6.79 Å². The molecule has 4 rings (SSSR count). The molecule has 0 unspecified atom stereocenters. The highest BCUT2D eigenvalue weighted by atomic mass is 16.7. The number of nitrogens with zero attached hydrogens (tertiary/aromatic N) is 2. The number of carboxylic acid groups (broad SMARTS) is 1. The predicted octanol–water partition coefficient (Wildman–Crippen LogP) is 3.27. The van der Waals surface area contributed by atoms with Crippen molar-refractivity contribution in [1.82, 2.24) is 5.01 Å². The number of carboxylic acids is 1. The fourth-order valence-electron chi connectivity index (χ4n) is 3.37. The highest BCUT2D eigenvalue weighted by Crippen LogP contribution is 2.39. The standard InChI is InChI=1S/C21H20N2O5/c1-13-2-4-14(5-3-13)16-11-17(23(22-16)20(24)8-9-21(25)26)15-6-7-18-19(10-15)28-12-27-18/h2-7,10,17H,8-9,11-12H2,1H3,(H,25,26)/t17-/m0/s1. The van der Waals surface area contributed by atoms with Gasteiger partial charge in [-0.3, -0.25) is 9.59 Å². The van der Waals surface area contributed by atoms with Gasteiger partial charge in [0.1, 0.15) is 0 Å². The van der Waals surface area contributed by atoms with Crippen LogP contribution in [0.5, 0.6) is 11.5 Å². The number of amides is 1. The van der Waals surface area contributed by atoms with Gasteiger partial charge in [-0.1, -0.05) is 35.9 Å². The van der Waals surface area contributed by atoms with Gasteiger partial charge in [0.2, 0.25) is 12.7 Å². The summed E-state index contributed by atoms with van der Waals surface area (Å²) in [5, 5.41) is 14.9. The molecule has 1 N–H and O–H groups in total. The first kappa shape index (κ1) is 18.0. The number of rotatable bonds is 5. The Kier molecular flexibility index (Phi) is 4.73. The van der Waals surface area contributed by atoms with Crippen LogP contribution < -0.4 is 9.47 Å². The van der Waals surface area contributed by atoms with E-state index in [1.807, 2.05) is 49.4 Å². The summed E-state index contributed by atoms with van der Waals surface area (Å²) in [4.78, 5) is 23.6. The average molecular weight is 380 g/mol. The third-order valence-corrected chi connectivity index (χ3v) is 4.88. The number of aliphatic carboxylic acids is 1. The number of ether oxygens (including phenoxy) is 2. The molecule has 0 bridgehead atoms. The van der Waals surface area contributed by atoms with Crippen LogP contribution in [0.25, 0.3) is 0 Å². The van der Waals surface area contributed by atoms with Crippen molar-refractivity contribution in [3.8, 4) is 11.5 Å². The van der Waals surface area contributed by atoms with Gasteiger partial charge in [0.15, 0.2) is 11.5 Å². The van der Waals surface area contributed by atoms with E-state index in [4.69, 9.17) is 14.6 Å². The molecule has 2 aromatic rings. The first-order valence-electron chi connectivity index (χ1n) is 9.09. The SMILES string of the molecule is Cc1ccc(C2=NN(C(=O)CCC(=O)O)[C@H](c3ccc4c(c3)OCO4)C2)cc1. The number of fused-ring (bicyclic) bond motifs is 1. The second kappa shape index (κ2) is 7.34. The average Bonchev–Trinajstić information content (AvgIpc) is 3.33. The van der Waals surface area contributed by atoms with E-state index in [2.05, 4.69) is 5.10 Å². The maximum atomic E-state index is 12.7. The maximum Gasteiger partial charge on any atom is 0.303 e. The molecule has 0 saturated heterocycles. The van der Waals surface area contributed by atoms with Gasteiger partial charge in [0, 0.05) is 12.8 Å². The summed E-state index contributed by atoms with van der Waals surface area (Å²) in [6.45, 7) is 2.19. The number of carbonyl (C=O) groups excluding carboxylic acids is 1. The minimum Gasteiger partial charge on any atom is -0.481 e. The summed E-state index contributed by atoms with van der Waals surface area (Å²) in [5.74, 6) is -0.00788. The molecule has 0 saturated carbocycles. The summed E-state index contributed by atoms with van der Waals surface area (Å²) in [5.41, 5.74) is 3.76. The number of benzene rings is 2. The second-order valence-electron chi connectivity index (χ2n) is 6.88. The number of aryl methyl sites for hydroxylation is 1. The molecule has 1 atom stereocenters. The third kappa shape index (κ3) is 3.55. The van der Waals surface area contributed by atoms with Crippen LogP contribution in [-0.4, -0.2) is 34.5 Å². The summed E-state index contributed by atoms with van der Waals surface area (Å²) in [7, 11) is 0. The number of hydrogen-bond acceptors (Lipinski definition) is 5. The van der Waals surface area contributed by atoms with Gasteiger partial charge < -0.3 is 14.6 Å². The normalized spacial score (nSPS) is 17.5. The van der Waals surface area contributed by atoms with Crippen LogP contribution in [0.4, 0.5) is 0 Å². The van der Waals surface area contributed by atoms with Crippen LogP contribution >= 0.6 is 0 Å². The fourth-order valence-corrected chi connectivity index (χ4v) is 3.37. The van der Waals surface area contributed by atoms with E-state index in [0.29, 0.717) is 17.9 Å². The summed E-state index contributed by atoms with van der Waals surface area (Å²) in [6, 6.07) is 13.2. The van der Waals surface area contributed by atoms with E-state index in [-0.39, 0.29) is 31.6 Å². The van der Waals surface area contributed by atoms with Crippen molar-refractivity contribution in [2.24, 2.45) is 5.10 Å². The minimum atomic E-state index is -1.00. The van der Waals surface area contributed by atoms with Gasteiger partial charge in [-0.2, -0.15) is 5.10 Å². The molecule has 7 heteroatoms. The zero-order valence-electron chi connectivity index (χ0n) is 15.4. The Morgan fingerprint density at radius 1 is 1.11 bits per heavy atom. The summed E-state index contributed by atoms with van der Waals surface area (Å²) >= 11 is 0. The van der Waals surface area contributed by atoms with E-state index in [1.165, 1.54) is 5.01 Å². The Hall–Kier alpha value is -3.35. The monoisotopic (exact) mass is 380 g/mol. The number of hydrazone groups is 1. The van der Waals surface area contributed by atoms with E-state index in [9.17, 15) is 9.59 Å². The Labute approximate surface area is 162 Å². The van der Waals surface area contributed by atoms with Crippen LogP contribution in [0, 0.1) is 6.92 Å². The van der Waals surface area contributed by atoms with Crippen molar-refractivity contribution in [3.05, 3.63) is 59.2 Å². The fraction of sp³-hybridized carbons (Fsp3) is 0.286. The van der Waals surface area contributed by atoms with Crippen LogP contribution in [-0.2, 0) is 9.59 Å². The Balaban J connectivity index is 1.64. The van der Waals surface area contributed by atoms with Gasteiger partial charge in [0.25, 0.3) is 0 Å². The molecule has 2 aliphatic heterocycles. The number of carbonyl (C=O) groups is 2. The molecule has 1 amide bonds. The first-order valence-corrected chi connectivity index (χ1v) is 9.09. The molecule has 0 aromatic heterocycles. The van der Waals surface area contributed by atoms with Crippen molar-refractivity contribution in [3.63, 3.8) is 0 Å². The summed E-state index contributed by atoms with van der Waals surface area (Å²) in [6.07, 6.45) is 0.223. The lowest BCUT2D eigenvalue weighted by Gasteiger charge is -2.22. The highest BCUT2D eigenvalue weighted by molar-refractivity contribution is 6.03. The van der Waals surface area contributed by atoms with Crippen molar-refractivity contribution in [2.45, 2.75) is 32.2 Å². The van der Waals surface area contributed by atoms with E-state index >= 15 is 0 Å². The second-order valence-corrected chi connectivity index (χ2v) is 6.88. The lowest BCUT2D eigenvalue weighted by molar-refractivity contribution is -0.141. The molecule has 144 valence electrons. The van der Waals surface area contributed by atoms with E-state index in [0.717, 1.165) is 22.4 Å². The molecule has 2 heterocycles. The van der Waals surface area contributed by atoms with Gasteiger partial charge in [-0.15, -0.1) is 0 Å². The molecular weight excluding hydrogens is 360 g/mol. The smallest absolute Gasteiger partial charge is 0.303 e. The molecule has 2 aromatic carbocycles. The molecule has 0 spiro atoms. The first-order chi connectivity index (χ1) is 13.5. The number of hydrogen-bond donors (Lipinski definition) is 1. The zero-order chi connectivity index (χ0) is 19.7. The molecule has 0 aliphatic carbocycles. The van der Waals surface area contributed by atoms with Crippen molar-refractivity contribution >= 4 is 17.6 Å². The Bertz CT molecular complexity index is 952. The Morgan fingerprint density at radius 3 is 2.61 bits per heavy atom. The van der Waals surface area contributed by atoms with Gasteiger partial charge in [-0.25, -0.2) is 5.01 Å². The third-order valence-electron chi connectivity index (χ3n) is 4.88. The molecule has 0 radical (unpaired) electrons. The predicted molar refractivity (Wildman–Crippen MR) is 101 cm³/mol. The molecule has 0 fully saturated rings. The van der Waals surface area contributed by atoms with Gasteiger partial charge >= 0.3 is 5.97 Å². The van der Waals surface area contributed by atoms with Crippen LogP contribution in [0.2, 0.25) is 0 Å². The molecule has 2 aliphatic rings. The van der Waals surface area contributed by atoms with E-state index in [1.54, 1.807) is 0 Å². The largest absolute Gasteiger partial charge is 0.481 e. The quantitative estimate of drug-likeness (QED) is 0.860. The topological polar surface area (TPSA) is 88.4 Å². The lowest BCUT2D eigenvalue weighted by Crippen LogP contribution is -2.27. The maximum absolute atomic E-state index is 12.7. The highest BCUT2D eigenvalue weighted by Gasteiger charge is 2.34. The zero-order valence-corrected chi connectivity index (χ0v) is 15.4. The van der Waals surface area contributed by atoms with Crippen LogP contribution in [0.3, 0.4) is 0 Å². The molecule has 28 heavy (non-hydrogen) atoms. The van der Waals surface area contributed by atoms with E-state index < -0.39 is 5.97 Å². The Morgan fingerprint density at radius 2 is 1.86 bits per heavy atom.